The van der Waals surface area contributed by atoms with E-state index in [9.17, 15) is 18.0 Å². The van der Waals surface area contributed by atoms with E-state index in [0.29, 0.717) is 0 Å². The third kappa shape index (κ3) is 3.41. The molecule has 1 rings (SSSR count). The molecule has 0 aliphatic rings. The summed E-state index contributed by atoms with van der Waals surface area (Å²) in [5.74, 6) is -0.515. The number of halogens is 4. The smallest absolute Gasteiger partial charge is 0.435 e. The van der Waals surface area contributed by atoms with Gasteiger partial charge in [-0.3, -0.25) is 4.79 Å². The van der Waals surface area contributed by atoms with Crippen LogP contribution in [0.4, 0.5) is 13.2 Å². The maximum atomic E-state index is 12.2. The van der Waals surface area contributed by atoms with Crippen LogP contribution in [0, 0.1) is 0 Å². The van der Waals surface area contributed by atoms with Gasteiger partial charge in [0, 0.05) is 13.0 Å². The number of carbonyl (C=O) groups excluding carboxylic acids is 1. The molecule has 0 aliphatic heterocycles. The first-order valence-electron chi connectivity index (χ1n) is 4.24. The fourth-order valence-corrected chi connectivity index (χ4v) is 1.19. The van der Waals surface area contributed by atoms with Crippen molar-refractivity contribution in [2.24, 2.45) is 0 Å². The highest BCUT2D eigenvalue weighted by molar-refractivity contribution is 6.29. The van der Waals surface area contributed by atoms with Crippen LogP contribution in [0.3, 0.4) is 0 Å². The highest BCUT2D eigenvalue weighted by Crippen LogP contribution is 2.29. The molecule has 0 spiro atoms. The van der Waals surface area contributed by atoms with Crippen LogP contribution in [-0.2, 0) is 22.3 Å². The van der Waals surface area contributed by atoms with Gasteiger partial charge in [-0.2, -0.15) is 18.3 Å². The zero-order chi connectivity index (χ0) is 12.3. The molecule has 0 aromatic carbocycles. The van der Waals surface area contributed by atoms with Gasteiger partial charge in [0.2, 0.25) is 0 Å². The van der Waals surface area contributed by atoms with E-state index in [4.69, 9.17) is 11.6 Å². The van der Waals surface area contributed by atoms with Crippen molar-refractivity contribution in [1.82, 2.24) is 9.78 Å². The van der Waals surface area contributed by atoms with E-state index in [2.05, 4.69) is 9.84 Å². The Bertz CT molecular complexity index is 389. The molecule has 0 saturated carbocycles. The molecule has 0 amide bonds. The molecule has 4 nitrogen and oxygen atoms in total. The molecule has 0 fully saturated rings. The van der Waals surface area contributed by atoms with Gasteiger partial charge in [-0.25, -0.2) is 4.68 Å². The van der Waals surface area contributed by atoms with E-state index < -0.39 is 17.8 Å². The van der Waals surface area contributed by atoms with Crippen LogP contribution in [0.1, 0.15) is 12.6 Å². The van der Waals surface area contributed by atoms with Crippen LogP contribution in [0.2, 0.25) is 5.15 Å². The molecule has 0 radical (unpaired) electrons. The lowest BCUT2D eigenvalue weighted by Gasteiger charge is -2.03. The topological polar surface area (TPSA) is 44.1 Å². The summed E-state index contributed by atoms with van der Waals surface area (Å²) in [6.07, 6.45) is -4.53. The Morgan fingerprint density at radius 3 is 2.69 bits per heavy atom. The summed E-state index contributed by atoms with van der Waals surface area (Å²) in [7, 11) is 0. The Labute approximate surface area is 93.9 Å². The lowest BCUT2D eigenvalue weighted by Crippen LogP contribution is -2.12. The molecule has 0 aliphatic carbocycles. The third-order valence-electron chi connectivity index (χ3n) is 1.63. The largest absolute Gasteiger partial charge is 0.464 e. The van der Waals surface area contributed by atoms with Gasteiger partial charge in [0.25, 0.3) is 0 Å². The number of aromatic nitrogens is 2. The van der Waals surface area contributed by atoms with Gasteiger partial charge in [0.1, 0.15) is 11.8 Å². The highest BCUT2D eigenvalue weighted by Gasteiger charge is 2.34. The summed E-state index contributed by atoms with van der Waals surface area (Å²) in [4.78, 5) is 10.4. The second-order valence-corrected chi connectivity index (χ2v) is 3.30. The monoisotopic (exact) mass is 256 g/mol. The van der Waals surface area contributed by atoms with E-state index in [-0.39, 0.29) is 18.3 Å². The van der Waals surface area contributed by atoms with Gasteiger partial charge in [-0.05, 0) is 0 Å². The van der Waals surface area contributed by atoms with Crippen molar-refractivity contribution in [3.8, 4) is 0 Å². The molecule has 0 atom stereocenters. The number of esters is 1. The van der Waals surface area contributed by atoms with Gasteiger partial charge >= 0.3 is 12.1 Å². The van der Waals surface area contributed by atoms with Crippen molar-refractivity contribution in [2.45, 2.75) is 19.6 Å². The molecule has 0 saturated heterocycles. The number of carbonyl (C=O) groups is 1. The van der Waals surface area contributed by atoms with Gasteiger partial charge in [-0.15, -0.1) is 0 Å². The summed E-state index contributed by atoms with van der Waals surface area (Å²) < 4.78 is 42.1. The van der Waals surface area contributed by atoms with Crippen LogP contribution in [-0.4, -0.2) is 22.4 Å². The molecule has 1 aromatic rings. The van der Waals surface area contributed by atoms with E-state index in [1.807, 2.05) is 0 Å². The average molecular weight is 257 g/mol. The summed E-state index contributed by atoms with van der Waals surface area (Å²) in [6.45, 7) is 1.11. The lowest BCUT2D eigenvalue weighted by atomic mass is 10.4. The normalized spacial score (nSPS) is 11.6. The number of ether oxygens (including phenoxy) is 1. The molecule has 90 valence electrons. The minimum absolute atomic E-state index is 0.0194. The summed E-state index contributed by atoms with van der Waals surface area (Å²) in [5.41, 5.74) is -1.07. The predicted molar refractivity (Wildman–Crippen MR) is 48.9 cm³/mol. The number of rotatable bonds is 3. The van der Waals surface area contributed by atoms with Gasteiger partial charge in [0.15, 0.2) is 5.69 Å². The first-order valence-corrected chi connectivity index (χ1v) is 4.62. The predicted octanol–water partition coefficient (Wildman–Crippen LogP) is 2.12. The van der Waals surface area contributed by atoms with Crippen LogP contribution >= 0.6 is 11.6 Å². The molecule has 1 aromatic heterocycles. The van der Waals surface area contributed by atoms with Crippen molar-refractivity contribution in [2.75, 3.05) is 6.61 Å². The van der Waals surface area contributed by atoms with E-state index in [0.717, 1.165) is 10.7 Å². The maximum absolute atomic E-state index is 12.2. The average Bonchev–Trinajstić information content (AvgIpc) is 2.46. The second-order valence-electron chi connectivity index (χ2n) is 2.91. The summed E-state index contributed by atoms with van der Waals surface area (Å²) in [5, 5.41) is 3.09. The van der Waals surface area contributed by atoms with Crippen molar-refractivity contribution >= 4 is 17.6 Å². The minimum atomic E-state index is -4.53. The number of nitrogens with zero attached hydrogens (tertiary/aromatic N) is 2. The minimum Gasteiger partial charge on any atom is -0.464 e. The molecule has 1 heterocycles. The second kappa shape index (κ2) is 4.73. The summed E-state index contributed by atoms with van der Waals surface area (Å²) in [6, 6.07) is 0.718. The van der Waals surface area contributed by atoms with Crippen molar-refractivity contribution in [1.29, 1.82) is 0 Å². The Balaban J connectivity index is 2.67. The maximum Gasteiger partial charge on any atom is 0.435 e. The lowest BCUT2D eigenvalue weighted by molar-refractivity contribution is -0.143. The SMILES string of the molecule is CC(=O)OCCn1nc(C(F)(F)F)cc1Cl. The third-order valence-corrected chi connectivity index (χ3v) is 1.93. The Kier molecular flexibility index (Phi) is 3.79. The van der Waals surface area contributed by atoms with Crippen LogP contribution in [0.25, 0.3) is 0 Å². The zero-order valence-corrected chi connectivity index (χ0v) is 8.97. The Morgan fingerprint density at radius 2 is 2.25 bits per heavy atom. The van der Waals surface area contributed by atoms with E-state index in [1.165, 1.54) is 6.92 Å². The molecule has 0 unspecified atom stereocenters. The van der Waals surface area contributed by atoms with Gasteiger partial charge < -0.3 is 4.74 Å². The zero-order valence-electron chi connectivity index (χ0n) is 8.21. The van der Waals surface area contributed by atoms with Crippen LogP contribution < -0.4 is 0 Å². The van der Waals surface area contributed by atoms with Crippen molar-refractivity contribution in [3.05, 3.63) is 16.9 Å². The Hall–Kier alpha value is -1.24. The van der Waals surface area contributed by atoms with Gasteiger partial charge in [-0.1, -0.05) is 11.6 Å². The fourth-order valence-electron chi connectivity index (χ4n) is 0.965. The quantitative estimate of drug-likeness (QED) is 0.778. The Morgan fingerprint density at radius 1 is 1.62 bits per heavy atom. The molecule has 0 N–H and O–H groups in total. The van der Waals surface area contributed by atoms with E-state index >= 15 is 0 Å². The highest BCUT2D eigenvalue weighted by atomic mass is 35.5. The standard InChI is InChI=1S/C8H8ClF3N2O2/c1-5(15)16-3-2-14-7(9)4-6(13-14)8(10,11)12/h4H,2-3H2,1H3. The fraction of sp³-hybridized carbons (Fsp3) is 0.500. The molecular weight excluding hydrogens is 249 g/mol. The first kappa shape index (κ1) is 12.8. The number of alkyl halides is 3. The van der Waals surface area contributed by atoms with Crippen LogP contribution in [0.15, 0.2) is 6.07 Å². The van der Waals surface area contributed by atoms with Gasteiger partial charge in [0.05, 0.1) is 6.54 Å². The number of hydrogen-bond acceptors (Lipinski definition) is 3. The molecule has 0 bridgehead atoms. The van der Waals surface area contributed by atoms with Crippen molar-refractivity contribution < 1.29 is 22.7 Å². The molecule has 8 heteroatoms. The summed E-state index contributed by atoms with van der Waals surface area (Å²) >= 11 is 5.53. The van der Waals surface area contributed by atoms with Crippen molar-refractivity contribution in [3.63, 3.8) is 0 Å². The first-order chi connectivity index (χ1) is 7.30. The van der Waals surface area contributed by atoms with Crippen LogP contribution in [0.5, 0.6) is 0 Å². The molecule has 16 heavy (non-hydrogen) atoms. The molecular formula is C8H8ClF3N2O2. The van der Waals surface area contributed by atoms with E-state index in [1.54, 1.807) is 0 Å². The number of hydrogen-bond donors (Lipinski definition) is 0.